The molecule has 0 radical (unpaired) electrons. The van der Waals surface area contributed by atoms with E-state index in [1.54, 1.807) is 30.5 Å². The molecule has 28 heavy (non-hydrogen) atoms. The third-order valence-electron chi connectivity index (χ3n) is 4.48. The predicted molar refractivity (Wildman–Crippen MR) is 110 cm³/mol. The van der Waals surface area contributed by atoms with Gasteiger partial charge in [-0.25, -0.2) is 4.99 Å². The number of para-hydroxylation sites is 1. The molecule has 3 aromatic rings. The van der Waals surface area contributed by atoms with Crippen LogP contribution in [-0.2, 0) is 4.79 Å². The van der Waals surface area contributed by atoms with Crippen molar-refractivity contribution in [2.75, 3.05) is 12.0 Å². The number of aliphatic imine (C=N–C) groups is 1. The first-order chi connectivity index (χ1) is 13.7. The highest BCUT2D eigenvalue weighted by Crippen LogP contribution is 2.31. The van der Waals surface area contributed by atoms with E-state index in [0.29, 0.717) is 17.3 Å². The van der Waals surface area contributed by atoms with Crippen LogP contribution in [0.15, 0.2) is 83.7 Å². The van der Waals surface area contributed by atoms with Gasteiger partial charge < -0.3 is 4.74 Å². The lowest BCUT2D eigenvalue weighted by Gasteiger charge is -2.20. The number of hydrogen-bond acceptors (Lipinski definition) is 4. The molecule has 138 valence electrons. The Morgan fingerprint density at radius 1 is 1.00 bits per heavy atom. The molecule has 0 fully saturated rings. The Hall–Kier alpha value is -3.73. The Kier molecular flexibility index (Phi) is 4.72. The zero-order valence-corrected chi connectivity index (χ0v) is 15.7. The number of amidine groups is 1. The molecule has 1 aliphatic rings. The van der Waals surface area contributed by atoms with E-state index in [0.717, 1.165) is 22.4 Å². The number of carbonyl (C=O) groups excluding carboxylic acids is 1. The highest BCUT2D eigenvalue weighted by atomic mass is 16.5. The van der Waals surface area contributed by atoms with E-state index in [9.17, 15) is 4.79 Å². The fourth-order valence-corrected chi connectivity index (χ4v) is 3.15. The van der Waals surface area contributed by atoms with Crippen LogP contribution < -0.4 is 9.64 Å². The molecule has 1 amide bonds. The number of anilines is 1. The summed E-state index contributed by atoms with van der Waals surface area (Å²) < 4.78 is 5.51. The molecule has 2 heterocycles. The number of aromatic nitrogens is 1. The summed E-state index contributed by atoms with van der Waals surface area (Å²) in [6, 6.07) is 19.1. The molecule has 5 heteroatoms. The molecule has 0 saturated carbocycles. The summed E-state index contributed by atoms with van der Waals surface area (Å²) in [4.78, 5) is 23.6. The smallest absolute Gasteiger partial charge is 0.282 e. The lowest BCUT2D eigenvalue weighted by molar-refractivity contribution is -0.113. The van der Waals surface area contributed by atoms with Crippen LogP contribution in [0.25, 0.3) is 6.08 Å². The van der Waals surface area contributed by atoms with Gasteiger partial charge in [-0.3, -0.25) is 14.7 Å². The molecule has 4 rings (SSSR count). The van der Waals surface area contributed by atoms with Gasteiger partial charge in [-0.1, -0.05) is 24.3 Å². The molecule has 0 N–H and O–H groups in total. The largest absolute Gasteiger partial charge is 0.496 e. The molecule has 0 atom stereocenters. The molecular weight excluding hydrogens is 350 g/mol. The molecule has 0 bridgehead atoms. The fourth-order valence-electron chi connectivity index (χ4n) is 3.15. The molecule has 1 aromatic heterocycles. The number of hydrogen-bond donors (Lipinski definition) is 0. The van der Waals surface area contributed by atoms with E-state index in [-0.39, 0.29) is 5.91 Å². The second kappa shape index (κ2) is 7.48. The molecule has 0 spiro atoms. The van der Waals surface area contributed by atoms with E-state index in [2.05, 4.69) is 9.98 Å². The molecular formula is C23H19N3O2. The Labute approximate surface area is 163 Å². The zero-order chi connectivity index (χ0) is 19.5. The van der Waals surface area contributed by atoms with Crippen LogP contribution >= 0.6 is 0 Å². The molecule has 1 aliphatic heterocycles. The molecule has 0 saturated heterocycles. The SMILES string of the molecule is COc1ccccc1C1=N/C(=C/c2ccncc2)C(=O)N1c1cccc(C)c1. The van der Waals surface area contributed by atoms with Gasteiger partial charge in [-0.2, -0.15) is 0 Å². The van der Waals surface area contributed by atoms with Crippen molar-refractivity contribution in [2.24, 2.45) is 4.99 Å². The van der Waals surface area contributed by atoms with Gasteiger partial charge in [-0.05, 0) is 60.5 Å². The summed E-state index contributed by atoms with van der Waals surface area (Å²) in [6.45, 7) is 2.00. The van der Waals surface area contributed by atoms with Crippen molar-refractivity contribution in [3.05, 3.63) is 95.4 Å². The summed E-state index contributed by atoms with van der Waals surface area (Å²) >= 11 is 0. The third-order valence-corrected chi connectivity index (χ3v) is 4.48. The number of pyridine rings is 1. The average Bonchev–Trinajstić information content (AvgIpc) is 3.04. The standard InChI is InChI=1S/C23H19N3O2/c1-16-6-5-7-18(14-16)26-22(19-8-3-4-9-21(19)28-2)25-20(23(26)27)15-17-10-12-24-13-11-17/h3-15H,1-2H3/b20-15+. The maximum atomic E-state index is 13.3. The summed E-state index contributed by atoms with van der Waals surface area (Å²) in [5.74, 6) is 1.04. The van der Waals surface area contributed by atoms with Crippen LogP contribution in [0, 0.1) is 6.92 Å². The van der Waals surface area contributed by atoms with Gasteiger partial charge in [-0.15, -0.1) is 0 Å². The van der Waals surface area contributed by atoms with Crippen LogP contribution in [0.3, 0.4) is 0 Å². The minimum atomic E-state index is -0.177. The van der Waals surface area contributed by atoms with E-state index in [1.165, 1.54) is 0 Å². The van der Waals surface area contributed by atoms with Crippen molar-refractivity contribution in [3.63, 3.8) is 0 Å². The maximum Gasteiger partial charge on any atom is 0.282 e. The van der Waals surface area contributed by atoms with E-state index in [1.807, 2.05) is 67.6 Å². The second-order valence-electron chi connectivity index (χ2n) is 6.43. The Balaban J connectivity index is 1.88. The van der Waals surface area contributed by atoms with E-state index < -0.39 is 0 Å². The summed E-state index contributed by atoms with van der Waals surface area (Å²) in [7, 11) is 1.61. The van der Waals surface area contributed by atoms with Crippen LogP contribution in [-0.4, -0.2) is 23.8 Å². The topological polar surface area (TPSA) is 54.8 Å². The van der Waals surface area contributed by atoms with Crippen LogP contribution in [0.4, 0.5) is 5.69 Å². The zero-order valence-electron chi connectivity index (χ0n) is 15.7. The minimum absolute atomic E-state index is 0.177. The average molecular weight is 369 g/mol. The normalized spacial score (nSPS) is 15.1. The fraction of sp³-hybridized carbons (Fsp3) is 0.0870. The number of rotatable bonds is 4. The van der Waals surface area contributed by atoms with E-state index >= 15 is 0 Å². The molecule has 0 aliphatic carbocycles. The number of amides is 1. The Morgan fingerprint density at radius 3 is 2.54 bits per heavy atom. The van der Waals surface area contributed by atoms with Crippen LogP contribution in [0.1, 0.15) is 16.7 Å². The number of carbonyl (C=O) groups is 1. The minimum Gasteiger partial charge on any atom is -0.496 e. The summed E-state index contributed by atoms with van der Waals surface area (Å²) in [6.07, 6.45) is 5.15. The van der Waals surface area contributed by atoms with Crippen molar-refractivity contribution in [3.8, 4) is 5.75 Å². The number of aryl methyl sites for hydroxylation is 1. The monoisotopic (exact) mass is 369 g/mol. The van der Waals surface area contributed by atoms with Gasteiger partial charge in [0.05, 0.1) is 18.4 Å². The Morgan fingerprint density at radius 2 is 1.79 bits per heavy atom. The highest BCUT2D eigenvalue weighted by molar-refractivity contribution is 6.33. The molecule has 2 aromatic carbocycles. The van der Waals surface area contributed by atoms with Crippen molar-refractivity contribution in [2.45, 2.75) is 6.92 Å². The van der Waals surface area contributed by atoms with Gasteiger partial charge in [0.2, 0.25) is 0 Å². The van der Waals surface area contributed by atoms with Crippen LogP contribution in [0.2, 0.25) is 0 Å². The number of methoxy groups -OCH3 is 1. The van der Waals surface area contributed by atoms with Crippen molar-refractivity contribution in [1.82, 2.24) is 4.98 Å². The molecule has 5 nitrogen and oxygen atoms in total. The van der Waals surface area contributed by atoms with Crippen molar-refractivity contribution in [1.29, 1.82) is 0 Å². The van der Waals surface area contributed by atoms with Crippen molar-refractivity contribution >= 4 is 23.5 Å². The first-order valence-electron chi connectivity index (χ1n) is 8.92. The van der Waals surface area contributed by atoms with Gasteiger partial charge in [0, 0.05) is 12.4 Å². The highest BCUT2D eigenvalue weighted by Gasteiger charge is 2.33. The quantitative estimate of drug-likeness (QED) is 0.647. The summed E-state index contributed by atoms with van der Waals surface area (Å²) in [5.41, 5.74) is 3.84. The number of ether oxygens (including phenoxy) is 1. The number of benzene rings is 2. The Bertz CT molecular complexity index is 1090. The summed E-state index contributed by atoms with van der Waals surface area (Å²) in [5, 5.41) is 0. The second-order valence-corrected chi connectivity index (χ2v) is 6.43. The van der Waals surface area contributed by atoms with Gasteiger partial charge in [0.1, 0.15) is 11.4 Å². The van der Waals surface area contributed by atoms with Gasteiger partial charge in [0.15, 0.2) is 5.84 Å². The maximum absolute atomic E-state index is 13.3. The lowest BCUT2D eigenvalue weighted by Crippen LogP contribution is -2.32. The van der Waals surface area contributed by atoms with Gasteiger partial charge in [0.25, 0.3) is 5.91 Å². The third kappa shape index (κ3) is 3.30. The van der Waals surface area contributed by atoms with Gasteiger partial charge >= 0.3 is 0 Å². The predicted octanol–water partition coefficient (Wildman–Crippen LogP) is 4.23. The van der Waals surface area contributed by atoms with E-state index in [4.69, 9.17) is 4.74 Å². The first-order valence-corrected chi connectivity index (χ1v) is 8.92. The molecule has 0 unspecified atom stereocenters. The van der Waals surface area contributed by atoms with Crippen LogP contribution in [0.5, 0.6) is 5.75 Å². The lowest BCUT2D eigenvalue weighted by atomic mass is 10.1. The number of nitrogens with zero attached hydrogens (tertiary/aromatic N) is 3. The van der Waals surface area contributed by atoms with Crippen molar-refractivity contribution < 1.29 is 9.53 Å². The first kappa shape index (κ1) is 17.7.